The van der Waals surface area contributed by atoms with E-state index in [2.05, 4.69) is 6.92 Å². The smallest absolute Gasteiger partial charge is 0.267 e. The van der Waals surface area contributed by atoms with E-state index in [1.807, 2.05) is 0 Å². The fourth-order valence-electron chi connectivity index (χ4n) is 1.86. The third-order valence-corrected chi connectivity index (χ3v) is 4.35. The number of hydrogen-bond donors (Lipinski definition) is 0. The van der Waals surface area contributed by atoms with Crippen molar-refractivity contribution in [1.82, 2.24) is 0 Å². The van der Waals surface area contributed by atoms with E-state index in [0.717, 1.165) is 12.8 Å². The Hall–Kier alpha value is 0.910. The summed E-state index contributed by atoms with van der Waals surface area (Å²) in [6.07, 6.45) is 12.5. The van der Waals surface area contributed by atoms with Crippen molar-refractivity contribution in [3.05, 3.63) is 0 Å². The first-order chi connectivity index (χ1) is 8.62. The molecule has 0 amide bonds. The van der Waals surface area contributed by atoms with Crippen LogP contribution in [0.15, 0.2) is 0 Å². The maximum absolute atomic E-state index is 11.0. The SMILES string of the molecule is CCCCCCCCCCCCOS(=O)(=O)CC.[Na]. The van der Waals surface area contributed by atoms with Crippen LogP contribution in [0.2, 0.25) is 0 Å². The molecular weight excluding hydrogens is 271 g/mol. The van der Waals surface area contributed by atoms with Gasteiger partial charge in [-0.05, 0) is 13.3 Å². The van der Waals surface area contributed by atoms with Crippen molar-refractivity contribution in [3.8, 4) is 0 Å². The zero-order valence-corrected chi connectivity index (χ0v) is 15.9. The molecule has 0 atom stereocenters. The van der Waals surface area contributed by atoms with Gasteiger partial charge >= 0.3 is 0 Å². The summed E-state index contributed by atoms with van der Waals surface area (Å²) in [6.45, 7) is 4.20. The third kappa shape index (κ3) is 16.9. The van der Waals surface area contributed by atoms with Crippen molar-refractivity contribution >= 4 is 39.7 Å². The van der Waals surface area contributed by atoms with Crippen molar-refractivity contribution in [3.63, 3.8) is 0 Å². The van der Waals surface area contributed by atoms with Gasteiger partial charge in [-0.25, -0.2) is 0 Å². The average molecular weight is 301 g/mol. The minimum Gasteiger partial charge on any atom is -0.270 e. The first kappa shape index (κ1) is 22.2. The Labute approximate surface area is 142 Å². The average Bonchev–Trinajstić information content (AvgIpc) is 2.36. The molecule has 3 nitrogen and oxygen atoms in total. The van der Waals surface area contributed by atoms with E-state index in [0.29, 0.717) is 6.61 Å². The minimum absolute atomic E-state index is 0. The van der Waals surface area contributed by atoms with Crippen molar-refractivity contribution in [2.75, 3.05) is 12.4 Å². The summed E-state index contributed by atoms with van der Waals surface area (Å²) in [4.78, 5) is 0. The van der Waals surface area contributed by atoms with E-state index >= 15 is 0 Å². The van der Waals surface area contributed by atoms with E-state index in [-0.39, 0.29) is 35.3 Å². The molecule has 0 N–H and O–H groups in total. The van der Waals surface area contributed by atoms with Crippen LogP contribution in [-0.2, 0) is 14.3 Å². The van der Waals surface area contributed by atoms with Gasteiger partial charge < -0.3 is 0 Å². The van der Waals surface area contributed by atoms with Crippen LogP contribution < -0.4 is 0 Å². The molecule has 0 saturated heterocycles. The molecule has 0 heterocycles. The summed E-state index contributed by atoms with van der Waals surface area (Å²) < 4.78 is 26.9. The molecule has 0 aliphatic rings. The second-order valence-corrected chi connectivity index (χ2v) is 6.78. The van der Waals surface area contributed by atoms with E-state index < -0.39 is 10.1 Å². The predicted octanol–water partition coefficient (Wildman–Crippen LogP) is 3.89. The summed E-state index contributed by atoms with van der Waals surface area (Å²) >= 11 is 0. The topological polar surface area (TPSA) is 43.4 Å². The Bertz CT molecular complexity index is 266. The van der Waals surface area contributed by atoms with Gasteiger partial charge in [0.2, 0.25) is 0 Å². The molecular formula is C14H30NaO3S. The second-order valence-electron chi connectivity index (χ2n) is 4.85. The molecule has 0 saturated carbocycles. The first-order valence-electron chi connectivity index (χ1n) is 7.49. The Kier molecular flexibility index (Phi) is 17.9. The predicted molar refractivity (Wildman–Crippen MR) is 83.0 cm³/mol. The zero-order chi connectivity index (χ0) is 13.7. The molecule has 0 bridgehead atoms. The van der Waals surface area contributed by atoms with Crippen molar-refractivity contribution < 1.29 is 12.6 Å². The Morgan fingerprint density at radius 1 is 0.737 bits per heavy atom. The largest absolute Gasteiger partial charge is 0.270 e. The van der Waals surface area contributed by atoms with Gasteiger partial charge in [-0.2, -0.15) is 8.42 Å². The van der Waals surface area contributed by atoms with E-state index in [4.69, 9.17) is 4.18 Å². The van der Waals surface area contributed by atoms with Crippen molar-refractivity contribution in [1.29, 1.82) is 0 Å². The van der Waals surface area contributed by atoms with Crippen LogP contribution >= 0.6 is 0 Å². The summed E-state index contributed by atoms with van der Waals surface area (Å²) in [5.41, 5.74) is 0. The molecule has 0 rings (SSSR count). The molecule has 0 aromatic heterocycles. The molecule has 0 unspecified atom stereocenters. The van der Waals surface area contributed by atoms with Crippen LogP contribution in [0.3, 0.4) is 0 Å². The summed E-state index contributed by atoms with van der Waals surface area (Å²) in [5.74, 6) is 0.0742. The maximum Gasteiger partial charge on any atom is 0.267 e. The molecule has 111 valence electrons. The number of unbranched alkanes of at least 4 members (excludes halogenated alkanes) is 9. The third-order valence-electron chi connectivity index (χ3n) is 3.11. The molecule has 0 fully saturated rings. The first-order valence-corrected chi connectivity index (χ1v) is 9.07. The molecule has 0 aromatic carbocycles. The molecule has 0 aliphatic heterocycles. The minimum atomic E-state index is -3.23. The van der Waals surface area contributed by atoms with Crippen LogP contribution in [0.5, 0.6) is 0 Å². The van der Waals surface area contributed by atoms with Gasteiger partial charge in [0.15, 0.2) is 0 Å². The number of rotatable bonds is 13. The van der Waals surface area contributed by atoms with E-state index in [1.165, 1.54) is 51.4 Å². The molecule has 0 aliphatic carbocycles. The Morgan fingerprint density at radius 2 is 1.16 bits per heavy atom. The summed E-state index contributed by atoms with van der Waals surface area (Å²) in [5, 5.41) is 0. The van der Waals surface area contributed by atoms with Crippen LogP contribution in [0.25, 0.3) is 0 Å². The van der Waals surface area contributed by atoms with Gasteiger partial charge in [0, 0.05) is 29.6 Å². The Balaban J connectivity index is 0. The van der Waals surface area contributed by atoms with Gasteiger partial charge in [-0.1, -0.05) is 64.7 Å². The van der Waals surface area contributed by atoms with Crippen molar-refractivity contribution in [2.45, 2.75) is 78.1 Å². The number of hydrogen-bond acceptors (Lipinski definition) is 3. The fraction of sp³-hybridized carbons (Fsp3) is 1.00. The summed E-state index contributed by atoms with van der Waals surface area (Å²) in [6, 6.07) is 0. The molecule has 5 heteroatoms. The van der Waals surface area contributed by atoms with E-state index in [1.54, 1.807) is 6.92 Å². The summed E-state index contributed by atoms with van der Waals surface area (Å²) in [7, 11) is -3.23. The standard InChI is InChI=1S/C14H30O3S.Na/c1-3-5-6-7-8-9-10-11-12-13-14-17-18(15,16)4-2;/h3-14H2,1-2H3;. The Morgan fingerprint density at radius 3 is 1.58 bits per heavy atom. The van der Waals surface area contributed by atoms with Gasteiger partial charge in [-0.3, -0.25) is 4.18 Å². The van der Waals surface area contributed by atoms with Crippen LogP contribution in [0.4, 0.5) is 0 Å². The van der Waals surface area contributed by atoms with Crippen molar-refractivity contribution in [2.24, 2.45) is 0 Å². The van der Waals surface area contributed by atoms with Gasteiger partial charge in [-0.15, -0.1) is 0 Å². The molecule has 1 radical (unpaired) electrons. The van der Waals surface area contributed by atoms with Gasteiger partial charge in [0.25, 0.3) is 10.1 Å². The quantitative estimate of drug-likeness (QED) is 0.294. The fourth-order valence-corrected chi connectivity index (χ4v) is 2.40. The van der Waals surface area contributed by atoms with Crippen LogP contribution in [-0.4, -0.2) is 50.3 Å². The molecule has 0 spiro atoms. The zero-order valence-electron chi connectivity index (χ0n) is 13.1. The monoisotopic (exact) mass is 301 g/mol. The van der Waals surface area contributed by atoms with Gasteiger partial charge in [0.05, 0.1) is 12.4 Å². The molecule has 0 aromatic rings. The second kappa shape index (κ2) is 15.3. The van der Waals surface area contributed by atoms with Crippen LogP contribution in [0.1, 0.15) is 78.1 Å². The molecule has 19 heavy (non-hydrogen) atoms. The normalized spacial score (nSPS) is 11.3. The van der Waals surface area contributed by atoms with Crippen LogP contribution in [0, 0.1) is 0 Å². The van der Waals surface area contributed by atoms with Gasteiger partial charge in [0.1, 0.15) is 0 Å². The maximum atomic E-state index is 11.0. The van der Waals surface area contributed by atoms with E-state index in [9.17, 15) is 8.42 Å².